The van der Waals surface area contributed by atoms with Crippen molar-refractivity contribution in [2.75, 3.05) is 11.9 Å². The average molecular weight is 485 g/mol. The van der Waals surface area contributed by atoms with Crippen LogP contribution in [0, 0.1) is 5.92 Å². The van der Waals surface area contributed by atoms with Gasteiger partial charge >= 0.3 is 0 Å². The highest BCUT2D eigenvalue weighted by atomic mass is 35.5. The molecule has 4 atom stereocenters. The van der Waals surface area contributed by atoms with E-state index in [4.69, 9.17) is 21.1 Å². The lowest BCUT2D eigenvalue weighted by Crippen LogP contribution is -2.47. The van der Waals surface area contributed by atoms with Crippen molar-refractivity contribution in [3.05, 3.63) is 58.6 Å². The van der Waals surface area contributed by atoms with Gasteiger partial charge in [-0.25, -0.2) is 0 Å². The number of fused-ring (bicyclic) bond motifs is 3. The number of hydrogen-bond donors (Lipinski definition) is 3. The van der Waals surface area contributed by atoms with Crippen molar-refractivity contribution in [3.8, 4) is 5.75 Å². The molecule has 2 fully saturated rings. The normalized spacial score (nSPS) is 25.1. The molecule has 1 saturated carbocycles. The summed E-state index contributed by atoms with van der Waals surface area (Å²) in [6, 6.07) is 13.0. The van der Waals surface area contributed by atoms with E-state index >= 15 is 0 Å². The standard InChI is InChI=1S/C26H29ClN2O5/c27-17-5-3-16(4-6-17)13-28-24(31)12-19-11-21-20-10-18(29-25(32)9-15-1-2-15)7-8-22(20)34-26(21)23(14-30)33-19/h3-8,10,15,19,21,23,26,30H,1-2,9,11-14H2,(H,28,31)(H,29,32)/t19-,21-,23+,26+/m0/s1. The molecule has 2 heterocycles. The Bertz CT molecular complexity index is 1060. The predicted octanol–water partition coefficient (Wildman–Crippen LogP) is 3.78. The molecule has 2 aromatic carbocycles. The van der Waals surface area contributed by atoms with E-state index in [0.717, 1.165) is 35.4 Å². The zero-order valence-electron chi connectivity index (χ0n) is 18.8. The largest absolute Gasteiger partial charge is 0.487 e. The van der Waals surface area contributed by atoms with Crippen LogP contribution in [0.15, 0.2) is 42.5 Å². The van der Waals surface area contributed by atoms with Gasteiger partial charge in [0.2, 0.25) is 11.8 Å². The van der Waals surface area contributed by atoms with E-state index in [-0.39, 0.29) is 43.0 Å². The highest BCUT2D eigenvalue weighted by Crippen LogP contribution is 2.47. The molecule has 34 heavy (non-hydrogen) atoms. The number of nitrogens with one attached hydrogen (secondary N) is 2. The minimum Gasteiger partial charge on any atom is -0.487 e. The van der Waals surface area contributed by atoms with Crippen LogP contribution in [0.2, 0.25) is 5.02 Å². The number of aliphatic hydroxyl groups is 1. The zero-order valence-corrected chi connectivity index (χ0v) is 19.6. The molecule has 0 bridgehead atoms. The van der Waals surface area contributed by atoms with Crippen LogP contribution in [0.5, 0.6) is 5.75 Å². The molecule has 180 valence electrons. The van der Waals surface area contributed by atoms with E-state index in [2.05, 4.69) is 10.6 Å². The third-order valence-corrected chi connectivity index (χ3v) is 7.02. The summed E-state index contributed by atoms with van der Waals surface area (Å²) < 4.78 is 12.1. The summed E-state index contributed by atoms with van der Waals surface area (Å²) in [5.74, 6) is 1.17. The fraction of sp³-hybridized carbons (Fsp3) is 0.462. The van der Waals surface area contributed by atoms with E-state index in [0.29, 0.717) is 30.3 Å². The Labute approximate surface area is 203 Å². The molecule has 1 saturated heterocycles. The van der Waals surface area contributed by atoms with Crippen molar-refractivity contribution in [3.63, 3.8) is 0 Å². The number of benzene rings is 2. The highest BCUT2D eigenvalue weighted by molar-refractivity contribution is 6.30. The molecule has 3 N–H and O–H groups in total. The molecule has 8 heteroatoms. The lowest BCUT2D eigenvalue weighted by atomic mass is 9.84. The monoisotopic (exact) mass is 484 g/mol. The minimum absolute atomic E-state index is 0.0183. The molecule has 2 aromatic rings. The summed E-state index contributed by atoms with van der Waals surface area (Å²) in [7, 11) is 0. The van der Waals surface area contributed by atoms with Gasteiger partial charge in [-0.3, -0.25) is 9.59 Å². The molecule has 2 amide bonds. The molecule has 7 nitrogen and oxygen atoms in total. The number of aliphatic hydroxyl groups excluding tert-OH is 1. The number of amides is 2. The first-order valence-corrected chi connectivity index (χ1v) is 12.2. The molecule has 5 rings (SSSR count). The fourth-order valence-corrected chi connectivity index (χ4v) is 4.97. The second-order valence-corrected chi connectivity index (χ2v) is 9.90. The maximum atomic E-state index is 12.6. The van der Waals surface area contributed by atoms with Gasteiger partial charge in [0.05, 0.1) is 19.1 Å². The van der Waals surface area contributed by atoms with Crippen molar-refractivity contribution in [2.24, 2.45) is 5.92 Å². The second kappa shape index (κ2) is 9.94. The number of carbonyl (C=O) groups is 2. The highest BCUT2D eigenvalue weighted by Gasteiger charge is 2.46. The second-order valence-electron chi connectivity index (χ2n) is 9.46. The van der Waals surface area contributed by atoms with E-state index in [1.807, 2.05) is 30.3 Å². The maximum absolute atomic E-state index is 12.6. The van der Waals surface area contributed by atoms with Crippen LogP contribution in [0.4, 0.5) is 5.69 Å². The molecule has 2 aliphatic heterocycles. The van der Waals surface area contributed by atoms with Crippen molar-refractivity contribution in [1.82, 2.24) is 5.32 Å². The molecule has 3 aliphatic rings. The molecule has 0 unspecified atom stereocenters. The first-order chi connectivity index (χ1) is 16.5. The third-order valence-electron chi connectivity index (χ3n) is 6.77. The van der Waals surface area contributed by atoms with Gasteiger partial charge in [0, 0.05) is 35.2 Å². The number of halogens is 1. The first-order valence-electron chi connectivity index (χ1n) is 11.9. The number of carbonyl (C=O) groups excluding carboxylic acids is 2. The summed E-state index contributed by atoms with van der Waals surface area (Å²) in [6.45, 7) is 0.219. The number of hydrogen-bond acceptors (Lipinski definition) is 5. The van der Waals surface area contributed by atoms with Gasteiger partial charge in [-0.1, -0.05) is 23.7 Å². The lowest BCUT2D eigenvalue weighted by molar-refractivity contribution is -0.142. The quantitative estimate of drug-likeness (QED) is 0.530. The zero-order chi connectivity index (χ0) is 23.7. The summed E-state index contributed by atoms with van der Waals surface area (Å²) in [6.07, 6.45) is 2.44. The van der Waals surface area contributed by atoms with E-state index in [9.17, 15) is 14.7 Å². The van der Waals surface area contributed by atoms with Crippen LogP contribution in [0.25, 0.3) is 0 Å². The fourth-order valence-electron chi connectivity index (χ4n) is 4.84. The van der Waals surface area contributed by atoms with Crippen LogP contribution >= 0.6 is 11.6 Å². The van der Waals surface area contributed by atoms with Gasteiger partial charge < -0.3 is 25.2 Å². The number of rotatable bonds is 8. The summed E-state index contributed by atoms with van der Waals surface area (Å²) in [5, 5.41) is 16.5. The van der Waals surface area contributed by atoms with Gasteiger partial charge in [0.1, 0.15) is 18.0 Å². The number of anilines is 1. The van der Waals surface area contributed by atoms with E-state index < -0.39 is 6.10 Å². The molecular formula is C26H29ClN2O5. The van der Waals surface area contributed by atoms with Crippen LogP contribution in [0.3, 0.4) is 0 Å². The van der Waals surface area contributed by atoms with E-state index in [1.165, 1.54) is 0 Å². The van der Waals surface area contributed by atoms with Gasteiger partial charge in [-0.2, -0.15) is 0 Å². The van der Waals surface area contributed by atoms with Crippen molar-refractivity contribution < 1.29 is 24.2 Å². The summed E-state index contributed by atoms with van der Waals surface area (Å²) in [4.78, 5) is 24.8. The molecular weight excluding hydrogens is 456 g/mol. The van der Waals surface area contributed by atoms with E-state index in [1.54, 1.807) is 12.1 Å². The van der Waals surface area contributed by atoms with Crippen LogP contribution in [0.1, 0.15) is 49.1 Å². The SMILES string of the molecule is O=C(C[C@@H]1C[C@H]2c3cc(NC(=O)CC4CC4)ccc3O[C@H]2[C@@H](CO)O1)NCc1ccc(Cl)cc1. The molecule has 0 spiro atoms. The predicted molar refractivity (Wildman–Crippen MR) is 128 cm³/mol. The van der Waals surface area contributed by atoms with Crippen LogP contribution < -0.4 is 15.4 Å². The van der Waals surface area contributed by atoms with Gasteiger partial charge in [0.25, 0.3) is 0 Å². The summed E-state index contributed by atoms with van der Waals surface area (Å²) in [5.41, 5.74) is 2.70. The Kier molecular flexibility index (Phi) is 6.77. The molecule has 1 aliphatic carbocycles. The lowest BCUT2D eigenvalue weighted by Gasteiger charge is -2.37. The minimum atomic E-state index is -0.520. The number of ether oxygens (including phenoxy) is 2. The average Bonchev–Trinajstić information content (AvgIpc) is 3.56. The smallest absolute Gasteiger partial charge is 0.224 e. The van der Waals surface area contributed by atoms with Gasteiger partial charge in [-0.15, -0.1) is 0 Å². The van der Waals surface area contributed by atoms with Gasteiger partial charge in [0.15, 0.2) is 0 Å². The Morgan fingerprint density at radius 1 is 1.06 bits per heavy atom. The maximum Gasteiger partial charge on any atom is 0.224 e. The molecule has 0 radical (unpaired) electrons. The van der Waals surface area contributed by atoms with Crippen molar-refractivity contribution in [1.29, 1.82) is 0 Å². The van der Waals surface area contributed by atoms with Crippen molar-refractivity contribution >= 4 is 29.1 Å². The summed E-state index contributed by atoms with van der Waals surface area (Å²) >= 11 is 5.91. The first kappa shape index (κ1) is 23.1. The van der Waals surface area contributed by atoms with Crippen LogP contribution in [-0.2, 0) is 20.9 Å². The van der Waals surface area contributed by atoms with Crippen molar-refractivity contribution in [2.45, 2.75) is 62.9 Å². The van der Waals surface area contributed by atoms with Crippen LogP contribution in [-0.4, -0.2) is 41.8 Å². The topological polar surface area (TPSA) is 96.9 Å². The Balaban J connectivity index is 1.22. The Morgan fingerprint density at radius 2 is 1.85 bits per heavy atom. The Hall–Kier alpha value is -2.61. The molecule has 0 aromatic heterocycles. The third kappa shape index (κ3) is 5.37. The Morgan fingerprint density at radius 3 is 2.59 bits per heavy atom. The van der Waals surface area contributed by atoms with Gasteiger partial charge in [-0.05, 0) is 61.1 Å².